The SMILES string of the molecule is CCN(C(=O)CN1C(=O)CNC(C)C1=O)C1CC1. The molecule has 0 radical (unpaired) electrons. The normalized spacial score (nSPS) is 24.3. The predicted octanol–water partition coefficient (Wildman–Crippen LogP) is -0.656. The van der Waals surface area contributed by atoms with Crippen molar-refractivity contribution in [3.05, 3.63) is 0 Å². The number of carbonyl (C=O) groups excluding carboxylic acids is 3. The zero-order valence-corrected chi connectivity index (χ0v) is 10.8. The van der Waals surface area contributed by atoms with Crippen molar-refractivity contribution in [3.8, 4) is 0 Å². The number of nitrogens with one attached hydrogen (secondary N) is 1. The Morgan fingerprint density at radius 1 is 1.44 bits per heavy atom. The molecule has 1 heterocycles. The van der Waals surface area contributed by atoms with Crippen molar-refractivity contribution >= 4 is 17.7 Å². The highest BCUT2D eigenvalue weighted by atomic mass is 16.2. The van der Waals surface area contributed by atoms with E-state index in [1.54, 1.807) is 11.8 Å². The fourth-order valence-corrected chi connectivity index (χ4v) is 2.20. The van der Waals surface area contributed by atoms with Gasteiger partial charge in [0.15, 0.2) is 0 Å². The standard InChI is InChI=1S/C12H19N3O3/c1-3-14(9-4-5-9)11(17)7-15-10(16)6-13-8(2)12(15)18/h8-9,13H,3-7H2,1-2H3. The molecule has 1 aliphatic heterocycles. The fourth-order valence-electron chi connectivity index (χ4n) is 2.20. The van der Waals surface area contributed by atoms with Crippen LogP contribution in [0.5, 0.6) is 0 Å². The van der Waals surface area contributed by atoms with E-state index in [9.17, 15) is 14.4 Å². The lowest BCUT2D eigenvalue weighted by atomic mass is 10.2. The molecule has 1 N–H and O–H groups in total. The van der Waals surface area contributed by atoms with Crippen LogP contribution in [0.4, 0.5) is 0 Å². The van der Waals surface area contributed by atoms with E-state index in [-0.39, 0.29) is 30.8 Å². The van der Waals surface area contributed by atoms with Gasteiger partial charge in [-0.2, -0.15) is 0 Å². The second-order valence-electron chi connectivity index (χ2n) is 4.83. The Morgan fingerprint density at radius 3 is 2.67 bits per heavy atom. The number of amides is 3. The van der Waals surface area contributed by atoms with Gasteiger partial charge in [-0.3, -0.25) is 24.6 Å². The molecule has 18 heavy (non-hydrogen) atoms. The molecule has 3 amide bonds. The first-order valence-electron chi connectivity index (χ1n) is 6.41. The summed E-state index contributed by atoms with van der Waals surface area (Å²) in [5, 5.41) is 2.80. The molecule has 1 unspecified atom stereocenters. The van der Waals surface area contributed by atoms with Crippen molar-refractivity contribution in [1.29, 1.82) is 0 Å². The van der Waals surface area contributed by atoms with Gasteiger partial charge < -0.3 is 4.90 Å². The number of nitrogens with zero attached hydrogens (tertiary/aromatic N) is 2. The summed E-state index contributed by atoms with van der Waals surface area (Å²) in [6.45, 7) is 4.25. The number of piperazine rings is 1. The molecular weight excluding hydrogens is 234 g/mol. The minimum absolute atomic E-state index is 0.117. The molecule has 2 rings (SSSR count). The third-order valence-electron chi connectivity index (χ3n) is 3.44. The molecule has 1 aliphatic carbocycles. The van der Waals surface area contributed by atoms with Crippen LogP contribution in [0, 0.1) is 0 Å². The Bertz CT molecular complexity index is 379. The van der Waals surface area contributed by atoms with Gasteiger partial charge >= 0.3 is 0 Å². The van der Waals surface area contributed by atoms with Gasteiger partial charge in [0.05, 0.1) is 12.6 Å². The molecule has 1 atom stereocenters. The first kappa shape index (κ1) is 13.0. The molecule has 0 spiro atoms. The zero-order chi connectivity index (χ0) is 13.3. The fraction of sp³-hybridized carbons (Fsp3) is 0.750. The lowest BCUT2D eigenvalue weighted by Gasteiger charge is -2.31. The highest BCUT2D eigenvalue weighted by Gasteiger charge is 2.36. The molecule has 0 aromatic heterocycles. The molecular formula is C12H19N3O3. The molecule has 2 fully saturated rings. The van der Waals surface area contributed by atoms with E-state index in [2.05, 4.69) is 5.32 Å². The first-order valence-corrected chi connectivity index (χ1v) is 6.41. The number of rotatable bonds is 4. The van der Waals surface area contributed by atoms with Crippen LogP contribution in [0.25, 0.3) is 0 Å². The number of likely N-dealkylation sites (N-methyl/N-ethyl adjacent to an activating group) is 1. The van der Waals surface area contributed by atoms with Crippen molar-refractivity contribution in [2.75, 3.05) is 19.6 Å². The summed E-state index contributed by atoms with van der Waals surface area (Å²) in [5.41, 5.74) is 0. The van der Waals surface area contributed by atoms with Crippen LogP contribution in [0.1, 0.15) is 26.7 Å². The lowest BCUT2D eigenvalue weighted by molar-refractivity contribution is -0.153. The summed E-state index contributed by atoms with van der Waals surface area (Å²) in [6, 6.07) is -0.0838. The maximum Gasteiger partial charge on any atom is 0.246 e. The third kappa shape index (κ3) is 2.53. The molecule has 0 aromatic carbocycles. The average Bonchev–Trinajstić information content (AvgIpc) is 3.15. The number of hydrogen-bond acceptors (Lipinski definition) is 4. The van der Waals surface area contributed by atoms with Gasteiger partial charge in [-0.25, -0.2) is 0 Å². The first-order chi connectivity index (χ1) is 8.54. The predicted molar refractivity (Wildman–Crippen MR) is 64.6 cm³/mol. The van der Waals surface area contributed by atoms with Gasteiger partial charge in [0, 0.05) is 12.6 Å². The van der Waals surface area contributed by atoms with E-state index in [4.69, 9.17) is 0 Å². The van der Waals surface area contributed by atoms with Crippen LogP contribution < -0.4 is 5.32 Å². The molecule has 1 saturated carbocycles. The van der Waals surface area contributed by atoms with E-state index in [1.807, 2.05) is 6.92 Å². The Morgan fingerprint density at radius 2 is 2.11 bits per heavy atom. The summed E-state index contributed by atoms with van der Waals surface area (Å²) >= 11 is 0. The average molecular weight is 253 g/mol. The van der Waals surface area contributed by atoms with E-state index in [0.29, 0.717) is 12.6 Å². The Labute approximate surface area is 106 Å². The van der Waals surface area contributed by atoms with Crippen molar-refractivity contribution in [2.45, 2.75) is 38.8 Å². The smallest absolute Gasteiger partial charge is 0.246 e. The summed E-state index contributed by atoms with van der Waals surface area (Å²) in [7, 11) is 0. The van der Waals surface area contributed by atoms with Crippen molar-refractivity contribution < 1.29 is 14.4 Å². The minimum atomic E-state index is -0.397. The number of imide groups is 1. The number of carbonyl (C=O) groups is 3. The van der Waals surface area contributed by atoms with Crippen LogP contribution in [0.2, 0.25) is 0 Å². The molecule has 1 saturated heterocycles. The molecule has 2 aliphatic rings. The van der Waals surface area contributed by atoms with Crippen molar-refractivity contribution in [2.24, 2.45) is 0 Å². The van der Waals surface area contributed by atoms with E-state index >= 15 is 0 Å². The number of hydrogen-bond donors (Lipinski definition) is 1. The summed E-state index contributed by atoms with van der Waals surface area (Å²) in [4.78, 5) is 38.4. The van der Waals surface area contributed by atoms with Gasteiger partial charge in [-0.05, 0) is 26.7 Å². The van der Waals surface area contributed by atoms with Crippen LogP contribution in [0.15, 0.2) is 0 Å². The maximum atomic E-state index is 12.1. The van der Waals surface area contributed by atoms with E-state index in [1.165, 1.54) is 0 Å². The summed E-state index contributed by atoms with van der Waals surface area (Å²) in [5.74, 6) is -0.763. The lowest BCUT2D eigenvalue weighted by Crippen LogP contribution is -2.59. The largest absolute Gasteiger partial charge is 0.338 e. The van der Waals surface area contributed by atoms with Gasteiger partial charge in [-0.1, -0.05) is 0 Å². The van der Waals surface area contributed by atoms with Crippen LogP contribution in [-0.2, 0) is 14.4 Å². The Kier molecular flexibility index (Phi) is 3.65. The minimum Gasteiger partial charge on any atom is -0.338 e. The van der Waals surface area contributed by atoms with Crippen molar-refractivity contribution in [3.63, 3.8) is 0 Å². The van der Waals surface area contributed by atoms with Gasteiger partial charge in [0.1, 0.15) is 6.54 Å². The second kappa shape index (κ2) is 5.06. The highest BCUT2D eigenvalue weighted by molar-refractivity contribution is 6.03. The summed E-state index contributed by atoms with van der Waals surface area (Å²) in [6.07, 6.45) is 2.05. The Balaban J connectivity index is 2.00. The van der Waals surface area contributed by atoms with Gasteiger partial charge in [-0.15, -0.1) is 0 Å². The van der Waals surface area contributed by atoms with E-state index in [0.717, 1.165) is 17.7 Å². The molecule has 0 bridgehead atoms. The van der Waals surface area contributed by atoms with E-state index < -0.39 is 6.04 Å². The maximum absolute atomic E-state index is 12.1. The highest BCUT2D eigenvalue weighted by Crippen LogP contribution is 2.26. The summed E-state index contributed by atoms with van der Waals surface area (Å²) < 4.78 is 0. The van der Waals surface area contributed by atoms with Gasteiger partial charge in [0.25, 0.3) is 0 Å². The molecule has 0 aromatic rings. The topological polar surface area (TPSA) is 69.7 Å². The van der Waals surface area contributed by atoms with Crippen LogP contribution >= 0.6 is 0 Å². The zero-order valence-electron chi connectivity index (χ0n) is 10.8. The van der Waals surface area contributed by atoms with Crippen LogP contribution in [-0.4, -0.2) is 59.2 Å². The second-order valence-corrected chi connectivity index (χ2v) is 4.83. The van der Waals surface area contributed by atoms with Crippen molar-refractivity contribution in [1.82, 2.24) is 15.1 Å². The molecule has 6 heteroatoms. The quantitative estimate of drug-likeness (QED) is 0.676. The Hall–Kier alpha value is -1.43. The molecule has 6 nitrogen and oxygen atoms in total. The monoisotopic (exact) mass is 253 g/mol. The van der Waals surface area contributed by atoms with Crippen LogP contribution in [0.3, 0.4) is 0 Å². The third-order valence-corrected chi connectivity index (χ3v) is 3.44. The molecule has 100 valence electrons. The van der Waals surface area contributed by atoms with Gasteiger partial charge in [0.2, 0.25) is 17.7 Å².